The van der Waals surface area contributed by atoms with Crippen molar-refractivity contribution in [1.82, 2.24) is 5.32 Å². The Morgan fingerprint density at radius 2 is 2.11 bits per heavy atom. The van der Waals surface area contributed by atoms with E-state index < -0.39 is 0 Å². The van der Waals surface area contributed by atoms with Crippen LogP contribution in [0, 0.1) is 11.3 Å². The van der Waals surface area contributed by atoms with Gasteiger partial charge in [-0.1, -0.05) is 0 Å². The topological polar surface area (TPSA) is 68.2 Å². The zero-order valence-electron chi connectivity index (χ0n) is 10.6. The summed E-state index contributed by atoms with van der Waals surface area (Å²) >= 11 is 0. The van der Waals surface area contributed by atoms with Gasteiger partial charge in [-0.15, -0.1) is 0 Å². The summed E-state index contributed by atoms with van der Waals surface area (Å²) < 4.78 is 0. The fraction of sp³-hybridized carbons (Fsp3) is 0.429. The van der Waals surface area contributed by atoms with Crippen LogP contribution in [0.5, 0.6) is 0 Å². The third-order valence-corrected chi connectivity index (χ3v) is 3.76. The predicted octanol–water partition coefficient (Wildman–Crippen LogP) is 1.07. The molecule has 0 aromatic heterocycles. The molecule has 1 amide bonds. The van der Waals surface area contributed by atoms with Crippen LogP contribution in [0.15, 0.2) is 18.2 Å². The van der Waals surface area contributed by atoms with Crippen LogP contribution in [0.4, 0.5) is 11.4 Å². The van der Waals surface area contributed by atoms with E-state index in [0.717, 1.165) is 37.3 Å². The van der Waals surface area contributed by atoms with Crippen molar-refractivity contribution in [3.8, 4) is 6.07 Å². The summed E-state index contributed by atoms with van der Waals surface area (Å²) in [7, 11) is 0. The molecule has 98 valence electrons. The highest BCUT2D eigenvalue weighted by Gasteiger charge is 2.31. The SMILES string of the molecule is N#Cc1ccc2c(c1)N(C1CCNCC1)C(=O)CN2. The van der Waals surface area contributed by atoms with Crippen molar-refractivity contribution in [3.05, 3.63) is 23.8 Å². The number of hydrogen-bond donors (Lipinski definition) is 2. The molecule has 0 saturated carbocycles. The fourth-order valence-electron chi connectivity index (χ4n) is 2.81. The van der Waals surface area contributed by atoms with Crippen molar-refractivity contribution in [2.45, 2.75) is 18.9 Å². The molecule has 1 fully saturated rings. The van der Waals surface area contributed by atoms with Gasteiger partial charge in [0, 0.05) is 6.04 Å². The quantitative estimate of drug-likeness (QED) is 0.788. The van der Waals surface area contributed by atoms with Crippen LogP contribution in [0.25, 0.3) is 0 Å². The molecule has 0 bridgehead atoms. The maximum atomic E-state index is 12.2. The molecule has 2 aliphatic heterocycles. The van der Waals surface area contributed by atoms with E-state index in [1.54, 1.807) is 12.1 Å². The summed E-state index contributed by atoms with van der Waals surface area (Å²) in [5, 5.41) is 15.4. The Morgan fingerprint density at radius 1 is 1.32 bits per heavy atom. The molecule has 0 radical (unpaired) electrons. The van der Waals surface area contributed by atoms with Gasteiger partial charge in [-0.05, 0) is 44.1 Å². The third kappa shape index (κ3) is 2.15. The van der Waals surface area contributed by atoms with E-state index in [-0.39, 0.29) is 11.9 Å². The second-order valence-electron chi connectivity index (χ2n) is 4.94. The van der Waals surface area contributed by atoms with Gasteiger partial charge in [0.1, 0.15) is 0 Å². The standard InChI is InChI=1S/C14H16N4O/c15-8-10-1-2-12-13(7-10)18(14(19)9-17-12)11-3-5-16-6-4-11/h1-2,7,11,16-17H,3-6,9H2. The molecule has 0 atom stereocenters. The maximum absolute atomic E-state index is 12.2. The Hall–Kier alpha value is -2.06. The Morgan fingerprint density at radius 3 is 2.84 bits per heavy atom. The number of carbonyl (C=O) groups is 1. The number of rotatable bonds is 1. The van der Waals surface area contributed by atoms with E-state index in [1.807, 2.05) is 11.0 Å². The highest BCUT2D eigenvalue weighted by molar-refractivity contribution is 6.03. The van der Waals surface area contributed by atoms with Gasteiger partial charge in [0.25, 0.3) is 0 Å². The smallest absolute Gasteiger partial charge is 0.246 e. The summed E-state index contributed by atoms with van der Waals surface area (Å²) in [6.45, 7) is 2.22. The number of carbonyl (C=O) groups excluding carboxylic acids is 1. The van der Waals surface area contributed by atoms with E-state index >= 15 is 0 Å². The molecule has 5 heteroatoms. The first-order valence-electron chi connectivity index (χ1n) is 6.60. The number of fused-ring (bicyclic) bond motifs is 1. The molecular formula is C14H16N4O. The van der Waals surface area contributed by atoms with E-state index in [4.69, 9.17) is 5.26 Å². The Kier molecular flexibility index (Phi) is 3.10. The molecule has 2 N–H and O–H groups in total. The molecule has 0 spiro atoms. The lowest BCUT2D eigenvalue weighted by Crippen LogP contribution is -2.50. The maximum Gasteiger partial charge on any atom is 0.246 e. The van der Waals surface area contributed by atoms with Crippen molar-refractivity contribution < 1.29 is 4.79 Å². The summed E-state index contributed by atoms with van der Waals surface area (Å²) in [4.78, 5) is 14.1. The number of hydrogen-bond acceptors (Lipinski definition) is 4. The van der Waals surface area contributed by atoms with Crippen LogP contribution in [-0.2, 0) is 4.79 Å². The molecule has 2 aliphatic rings. The minimum atomic E-state index is 0.0921. The van der Waals surface area contributed by atoms with E-state index in [2.05, 4.69) is 16.7 Å². The largest absolute Gasteiger partial charge is 0.374 e. The number of benzene rings is 1. The van der Waals surface area contributed by atoms with Crippen molar-refractivity contribution in [3.63, 3.8) is 0 Å². The van der Waals surface area contributed by atoms with Gasteiger partial charge in [0.2, 0.25) is 5.91 Å². The first-order valence-corrected chi connectivity index (χ1v) is 6.60. The van der Waals surface area contributed by atoms with Crippen LogP contribution >= 0.6 is 0 Å². The van der Waals surface area contributed by atoms with Gasteiger partial charge in [0.15, 0.2) is 0 Å². The molecule has 5 nitrogen and oxygen atoms in total. The zero-order valence-corrected chi connectivity index (χ0v) is 10.6. The van der Waals surface area contributed by atoms with Gasteiger partial charge in [-0.2, -0.15) is 5.26 Å². The summed E-state index contributed by atoms with van der Waals surface area (Å²) in [5.74, 6) is 0.0921. The van der Waals surface area contributed by atoms with Crippen LogP contribution in [0.3, 0.4) is 0 Å². The van der Waals surface area contributed by atoms with E-state index in [1.165, 1.54) is 0 Å². The van der Waals surface area contributed by atoms with Crippen LogP contribution in [0.1, 0.15) is 18.4 Å². The molecule has 1 aromatic carbocycles. The van der Waals surface area contributed by atoms with Crippen LogP contribution in [0.2, 0.25) is 0 Å². The van der Waals surface area contributed by atoms with Gasteiger partial charge >= 0.3 is 0 Å². The van der Waals surface area contributed by atoms with Crippen molar-refractivity contribution in [1.29, 1.82) is 5.26 Å². The molecule has 3 rings (SSSR count). The average Bonchev–Trinajstić information content (AvgIpc) is 2.47. The number of amides is 1. The normalized spacial score (nSPS) is 19.5. The molecule has 0 aliphatic carbocycles. The second-order valence-corrected chi connectivity index (χ2v) is 4.94. The predicted molar refractivity (Wildman–Crippen MR) is 73.0 cm³/mol. The first kappa shape index (κ1) is 12.0. The Bertz CT molecular complexity index is 543. The Balaban J connectivity index is 1.99. The lowest BCUT2D eigenvalue weighted by Gasteiger charge is -2.38. The third-order valence-electron chi connectivity index (χ3n) is 3.76. The van der Waals surface area contributed by atoms with Gasteiger partial charge in [-0.25, -0.2) is 0 Å². The number of anilines is 2. The minimum absolute atomic E-state index is 0.0921. The second kappa shape index (κ2) is 4.90. The molecule has 0 unspecified atom stereocenters. The number of piperidine rings is 1. The van der Waals surface area contributed by atoms with Gasteiger partial charge < -0.3 is 15.5 Å². The fourth-order valence-corrected chi connectivity index (χ4v) is 2.81. The number of nitriles is 1. The number of nitrogens with one attached hydrogen (secondary N) is 2. The molecule has 1 saturated heterocycles. The van der Waals surface area contributed by atoms with Crippen LogP contribution < -0.4 is 15.5 Å². The first-order chi connectivity index (χ1) is 9.29. The highest BCUT2D eigenvalue weighted by atomic mass is 16.2. The lowest BCUT2D eigenvalue weighted by atomic mass is 10.0. The monoisotopic (exact) mass is 256 g/mol. The Labute approximate surface area is 112 Å². The van der Waals surface area contributed by atoms with Crippen molar-refractivity contribution in [2.75, 3.05) is 29.9 Å². The molecule has 19 heavy (non-hydrogen) atoms. The molecule has 2 heterocycles. The van der Waals surface area contributed by atoms with Crippen molar-refractivity contribution in [2.24, 2.45) is 0 Å². The van der Waals surface area contributed by atoms with Gasteiger partial charge in [0.05, 0.1) is 29.6 Å². The highest BCUT2D eigenvalue weighted by Crippen LogP contribution is 2.33. The summed E-state index contributed by atoms with van der Waals surface area (Å²) in [6, 6.07) is 7.85. The van der Waals surface area contributed by atoms with Crippen molar-refractivity contribution >= 4 is 17.3 Å². The zero-order chi connectivity index (χ0) is 13.2. The van der Waals surface area contributed by atoms with E-state index in [0.29, 0.717) is 12.1 Å². The van der Waals surface area contributed by atoms with Crippen LogP contribution in [-0.4, -0.2) is 31.6 Å². The minimum Gasteiger partial charge on any atom is -0.374 e. The lowest BCUT2D eigenvalue weighted by molar-refractivity contribution is -0.117. The summed E-state index contributed by atoms with van der Waals surface area (Å²) in [5.41, 5.74) is 2.38. The van der Waals surface area contributed by atoms with E-state index in [9.17, 15) is 4.79 Å². The molecular weight excluding hydrogens is 240 g/mol. The average molecular weight is 256 g/mol. The summed E-state index contributed by atoms with van der Waals surface area (Å²) in [6.07, 6.45) is 1.92. The van der Waals surface area contributed by atoms with Gasteiger partial charge in [-0.3, -0.25) is 4.79 Å². The molecule has 1 aromatic rings. The number of nitrogens with zero attached hydrogens (tertiary/aromatic N) is 2.